The Kier molecular flexibility index (Phi) is 4.04. The van der Waals surface area contributed by atoms with Crippen molar-refractivity contribution in [3.63, 3.8) is 0 Å². The minimum atomic E-state index is -4.68. The molecule has 106 valence electrons. The first-order valence-electron chi connectivity index (χ1n) is 6.47. The molecular formula is C14H18F3NO. The number of para-hydroxylation sites is 1. The van der Waals surface area contributed by atoms with Crippen LogP contribution in [0, 0.1) is 11.8 Å². The van der Waals surface area contributed by atoms with E-state index < -0.39 is 12.4 Å². The van der Waals surface area contributed by atoms with Gasteiger partial charge in [-0.05, 0) is 30.7 Å². The zero-order valence-corrected chi connectivity index (χ0v) is 10.8. The predicted molar refractivity (Wildman–Crippen MR) is 66.6 cm³/mol. The molecule has 0 aliphatic heterocycles. The molecule has 0 bridgehead atoms. The van der Waals surface area contributed by atoms with E-state index >= 15 is 0 Å². The van der Waals surface area contributed by atoms with Gasteiger partial charge < -0.3 is 10.5 Å². The lowest BCUT2D eigenvalue weighted by molar-refractivity contribution is -0.275. The Balaban J connectivity index is 2.19. The fourth-order valence-corrected chi connectivity index (χ4v) is 2.80. The van der Waals surface area contributed by atoms with Crippen molar-refractivity contribution in [1.82, 2.24) is 0 Å². The summed E-state index contributed by atoms with van der Waals surface area (Å²) in [5.41, 5.74) is 6.58. The maximum absolute atomic E-state index is 12.4. The molecule has 0 saturated heterocycles. The van der Waals surface area contributed by atoms with E-state index in [-0.39, 0.29) is 11.7 Å². The van der Waals surface area contributed by atoms with Crippen LogP contribution in [0.2, 0.25) is 0 Å². The van der Waals surface area contributed by atoms with Crippen molar-refractivity contribution >= 4 is 0 Å². The van der Waals surface area contributed by atoms with Gasteiger partial charge in [-0.3, -0.25) is 0 Å². The summed E-state index contributed by atoms with van der Waals surface area (Å²) in [5.74, 6) is 0.641. The highest BCUT2D eigenvalue weighted by Crippen LogP contribution is 2.40. The zero-order valence-electron chi connectivity index (χ0n) is 10.8. The summed E-state index contributed by atoms with van der Waals surface area (Å²) in [6.07, 6.45) is -1.68. The number of benzene rings is 1. The van der Waals surface area contributed by atoms with Crippen molar-refractivity contribution in [1.29, 1.82) is 0 Å². The second kappa shape index (κ2) is 5.41. The normalized spacial score (nSPS) is 25.3. The van der Waals surface area contributed by atoms with E-state index in [1.165, 1.54) is 12.1 Å². The van der Waals surface area contributed by atoms with Crippen molar-refractivity contribution in [2.45, 2.75) is 38.6 Å². The number of rotatable bonds is 3. The second-order valence-electron chi connectivity index (χ2n) is 5.29. The molecule has 1 aromatic carbocycles. The molecule has 0 radical (unpaired) electrons. The molecule has 2 rings (SSSR count). The first-order chi connectivity index (χ1) is 8.87. The van der Waals surface area contributed by atoms with Gasteiger partial charge in [0.15, 0.2) is 0 Å². The number of hydrogen-bond donors (Lipinski definition) is 1. The maximum atomic E-state index is 12.4. The van der Waals surface area contributed by atoms with Crippen molar-refractivity contribution in [3.8, 4) is 5.75 Å². The standard InChI is InChI=1S/C14H18F3NO/c1-9-6-7-10(8-9)13(18)11-4-2-3-5-12(11)19-14(15,16)17/h2-5,9-10,13H,6-8,18H2,1H3. The molecule has 3 unspecified atom stereocenters. The Hall–Kier alpha value is -1.23. The van der Waals surface area contributed by atoms with Crippen LogP contribution in [0.15, 0.2) is 24.3 Å². The molecule has 2 nitrogen and oxygen atoms in total. The third kappa shape index (κ3) is 3.62. The van der Waals surface area contributed by atoms with Gasteiger partial charge in [0.1, 0.15) is 5.75 Å². The molecule has 2 N–H and O–H groups in total. The van der Waals surface area contributed by atoms with Crippen LogP contribution < -0.4 is 10.5 Å². The SMILES string of the molecule is CC1CCC(C(N)c2ccccc2OC(F)(F)F)C1. The molecule has 19 heavy (non-hydrogen) atoms. The van der Waals surface area contributed by atoms with Crippen molar-refractivity contribution < 1.29 is 17.9 Å². The number of hydrogen-bond acceptors (Lipinski definition) is 2. The first-order valence-corrected chi connectivity index (χ1v) is 6.47. The predicted octanol–water partition coefficient (Wildman–Crippen LogP) is 4.02. The van der Waals surface area contributed by atoms with Crippen molar-refractivity contribution in [2.24, 2.45) is 17.6 Å². The number of nitrogens with two attached hydrogens (primary N) is 1. The monoisotopic (exact) mass is 273 g/mol. The highest BCUT2D eigenvalue weighted by Gasteiger charge is 2.34. The minimum Gasteiger partial charge on any atom is -0.405 e. The fraction of sp³-hybridized carbons (Fsp3) is 0.571. The third-order valence-corrected chi connectivity index (χ3v) is 3.75. The van der Waals surface area contributed by atoms with Gasteiger partial charge in [0.05, 0.1) is 0 Å². The van der Waals surface area contributed by atoms with E-state index in [4.69, 9.17) is 5.73 Å². The lowest BCUT2D eigenvalue weighted by atomic mass is 9.91. The van der Waals surface area contributed by atoms with E-state index in [1.54, 1.807) is 12.1 Å². The summed E-state index contributed by atoms with van der Waals surface area (Å²) in [6.45, 7) is 2.14. The van der Waals surface area contributed by atoms with Gasteiger partial charge in [0, 0.05) is 11.6 Å². The molecule has 0 aromatic heterocycles. The number of alkyl halides is 3. The van der Waals surface area contributed by atoms with Crippen LogP contribution >= 0.6 is 0 Å². The summed E-state index contributed by atoms with van der Waals surface area (Å²) in [5, 5.41) is 0. The van der Waals surface area contributed by atoms with Gasteiger partial charge in [-0.1, -0.05) is 31.5 Å². The molecular weight excluding hydrogens is 255 g/mol. The van der Waals surface area contributed by atoms with Crippen molar-refractivity contribution in [3.05, 3.63) is 29.8 Å². The molecule has 5 heteroatoms. The van der Waals surface area contributed by atoms with Gasteiger partial charge in [0.2, 0.25) is 0 Å². The summed E-state index contributed by atoms with van der Waals surface area (Å²) >= 11 is 0. The molecule has 0 heterocycles. The van der Waals surface area contributed by atoms with Gasteiger partial charge in [-0.15, -0.1) is 13.2 Å². The molecule has 1 fully saturated rings. The number of ether oxygens (including phenoxy) is 1. The van der Waals surface area contributed by atoms with Crippen LogP contribution in [0.25, 0.3) is 0 Å². The Labute approximate surface area is 110 Å². The van der Waals surface area contributed by atoms with E-state index in [1.807, 2.05) is 0 Å². The second-order valence-corrected chi connectivity index (χ2v) is 5.29. The summed E-state index contributed by atoms with van der Waals surface area (Å²) in [4.78, 5) is 0. The van der Waals surface area contributed by atoms with E-state index in [0.29, 0.717) is 11.5 Å². The smallest absolute Gasteiger partial charge is 0.405 e. The highest BCUT2D eigenvalue weighted by atomic mass is 19.4. The largest absolute Gasteiger partial charge is 0.573 e. The topological polar surface area (TPSA) is 35.2 Å². The molecule has 3 atom stereocenters. The molecule has 0 spiro atoms. The van der Waals surface area contributed by atoms with Crippen LogP contribution in [0.1, 0.15) is 37.8 Å². The van der Waals surface area contributed by atoms with Gasteiger partial charge in [-0.2, -0.15) is 0 Å². The quantitative estimate of drug-likeness (QED) is 0.902. The molecule has 1 aromatic rings. The molecule has 0 amide bonds. The van der Waals surface area contributed by atoms with Gasteiger partial charge >= 0.3 is 6.36 Å². The highest BCUT2D eigenvalue weighted by molar-refractivity contribution is 5.36. The van der Waals surface area contributed by atoms with Crippen LogP contribution in [-0.4, -0.2) is 6.36 Å². The number of halogens is 3. The van der Waals surface area contributed by atoms with E-state index in [2.05, 4.69) is 11.7 Å². The summed E-state index contributed by atoms with van der Waals surface area (Å²) in [6, 6.07) is 5.75. The Morgan fingerprint density at radius 2 is 1.95 bits per heavy atom. The lowest BCUT2D eigenvalue weighted by Crippen LogP contribution is -2.23. The Bertz CT molecular complexity index is 433. The summed E-state index contributed by atoms with van der Waals surface area (Å²) in [7, 11) is 0. The minimum absolute atomic E-state index is 0.179. The Morgan fingerprint density at radius 1 is 1.26 bits per heavy atom. The van der Waals surface area contributed by atoms with Gasteiger partial charge in [-0.25, -0.2) is 0 Å². The summed E-state index contributed by atoms with van der Waals surface area (Å²) < 4.78 is 41.1. The van der Waals surface area contributed by atoms with Crippen LogP contribution in [0.5, 0.6) is 5.75 Å². The fourth-order valence-electron chi connectivity index (χ4n) is 2.80. The van der Waals surface area contributed by atoms with E-state index in [0.717, 1.165) is 19.3 Å². The van der Waals surface area contributed by atoms with Gasteiger partial charge in [0.25, 0.3) is 0 Å². The molecule has 1 aliphatic rings. The van der Waals surface area contributed by atoms with E-state index in [9.17, 15) is 13.2 Å². The average molecular weight is 273 g/mol. The average Bonchev–Trinajstić information content (AvgIpc) is 2.74. The van der Waals surface area contributed by atoms with Crippen LogP contribution in [0.4, 0.5) is 13.2 Å². The molecule has 1 saturated carbocycles. The lowest BCUT2D eigenvalue weighted by Gasteiger charge is -2.22. The van der Waals surface area contributed by atoms with Crippen molar-refractivity contribution in [2.75, 3.05) is 0 Å². The maximum Gasteiger partial charge on any atom is 0.573 e. The third-order valence-electron chi connectivity index (χ3n) is 3.75. The molecule has 1 aliphatic carbocycles. The van der Waals surface area contributed by atoms with Crippen LogP contribution in [-0.2, 0) is 0 Å². The van der Waals surface area contributed by atoms with Crippen LogP contribution in [0.3, 0.4) is 0 Å². The first kappa shape index (κ1) is 14.2. The Morgan fingerprint density at radius 3 is 2.53 bits per heavy atom. The zero-order chi connectivity index (χ0) is 14.0.